The molecule has 3 aromatic carbocycles. The van der Waals surface area contributed by atoms with E-state index in [1.54, 1.807) is 23.8 Å². The maximum atomic E-state index is 14.1. The summed E-state index contributed by atoms with van der Waals surface area (Å²) >= 11 is 1.62. The molecule has 2 heterocycles. The number of benzene rings is 3. The third kappa shape index (κ3) is 4.29. The average molecular weight is 500 g/mol. The number of ether oxygens (including phenoxy) is 1. The molecule has 0 radical (unpaired) electrons. The Balaban J connectivity index is 1.68. The quantitative estimate of drug-likeness (QED) is 0.343. The van der Waals surface area contributed by atoms with Crippen LogP contribution in [0.4, 0.5) is 5.69 Å². The minimum atomic E-state index is -0.598. The lowest BCUT2D eigenvalue weighted by Crippen LogP contribution is -2.47. The van der Waals surface area contributed by atoms with Crippen molar-refractivity contribution in [1.29, 1.82) is 0 Å². The Labute approximate surface area is 215 Å². The van der Waals surface area contributed by atoms with Gasteiger partial charge in [-0.3, -0.25) is 9.59 Å². The van der Waals surface area contributed by atoms with Crippen molar-refractivity contribution < 1.29 is 14.3 Å². The molecular weight excluding hydrogens is 470 g/mol. The highest BCUT2D eigenvalue weighted by Gasteiger charge is 2.45. The van der Waals surface area contributed by atoms with Gasteiger partial charge in [-0.05, 0) is 42.2 Å². The number of anilines is 1. The van der Waals surface area contributed by atoms with Gasteiger partial charge < -0.3 is 19.5 Å². The monoisotopic (exact) mass is 499 g/mol. The molecule has 7 heteroatoms. The summed E-state index contributed by atoms with van der Waals surface area (Å²) in [5.41, 5.74) is 4.04. The molecule has 1 N–H and O–H groups in total. The van der Waals surface area contributed by atoms with Crippen molar-refractivity contribution in [3.8, 4) is 0 Å². The summed E-state index contributed by atoms with van der Waals surface area (Å²) in [6, 6.07) is 22.9. The molecule has 2 amide bonds. The second-order valence-electron chi connectivity index (χ2n) is 8.93. The third-order valence-corrected chi connectivity index (χ3v) is 7.57. The lowest BCUT2D eigenvalue weighted by molar-refractivity contribution is -0.119. The Morgan fingerprint density at radius 1 is 1.03 bits per heavy atom. The third-order valence-electron chi connectivity index (χ3n) is 6.84. The maximum absolute atomic E-state index is 14.1. The number of amides is 2. The first-order valence-corrected chi connectivity index (χ1v) is 13.1. The van der Waals surface area contributed by atoms with Crippen molar-refractivity contribution in [3.05, 3.63) is 95.7 Å². The Hall–Kier alpha value is -3.55. The Morgan fingerprint density at radius 3 is 2.61 bits per heavy atom. The van der Waals surface area contributed by atoms with Crippen LogP contribution >= 0.6 is 11.8 Å². The number of aromatic nitrogens is 1. The molecule has 5 rings (SSSR count). The molecule has 0 bridgehead atoms. The van der Waals surface area contributed by atoms with Crippen LogP contribution in [0.1, 0.15) is 33.4 Å². The summed E-state index contributed by atoms with van der Waals surface area (Å²) in [6.45, 7) is 0.753. The number of fused-ring (bicyclic) bond motifs is 2. The van der Waals surface area contributed by atoms with Crippen LogP contribution in [0.5, 0.6) is 0 Å². The highest BCUT2D eigenvalue weighted by Crippen LogP contribution is 2.45. The van der Waals surface area contributed by atoms with Crippen LogP contribution in [0.25, 0.3) is 10.9 Å². The Morgan fingerprint density at radius 2 is 1.81 bits per heavy atom. The summed E-state index contributed by atoms with van der Waals surface area (Å²) < 4.78 is 7.43. The van der Waals surface area contributed by atoms with Gasteiger partial charge in [0.15, 0.2) is 0 Å². The van der Waals surface area contributed by atoms with Crippen LogP contribution in [-0.4, -0.2) is 47.8 Å². The number of nitrogens with one attached hydrogen (secondary N) is 1. The number of hydrogen-bond acceptors (Lipinski definition) is 4. The number of hydrogen-bond donors (Lipinski definition) is 1. The Bertz CT molecular complexity index is 1430. The van der Waals surface area contributed by atoms with Gasteiger partial charge in [-0.1, -0.05) is 42.5 Å². The number of thioether (sulfide) groups is 1. The van der Waals surface area contributed by atoms with Crippen molar-refractivity contribution in [2.75, 3.05) is 31.8 Å². The van der Waals surface area contributed by atoms with Crippen molar-refractivity contribution in [1.82, 2.24) is 9.47 Å². The largest absolute Gasteiger partial charge is 0.383 e. The molecule has 6 nitrogen and oxygen atoms in total. The highest BCUT2D eigenvalue weighted by atomic mass is 32.2. The van der Waals surface area contributed by atoms with Crippen LogP contribution in [0, 0.1) is 0 Å². The first kappa shape index (κ1) is 24.2. The smallest absolute Gasteiger partial charge is 0.254 e. The van der Waals surface area contributed by atoms with Gasteiger partial charge >= 0.3 is 0 Å². The van der Waals surface area contributed by atoms with E-state index < -0.39 is 12.0 Å². The second-order valence-corrected chi connectivity index (χ2v) is 9.81. The van der Waals surface area contributed by atoms with Crippen LogP contribution in [0.15, 0.2) is 83.9 Å². The molecule has 4 aromatic rings. The number of carbonyl (C=O) groups is 2. The van der Waals surface area contributed by atoms with Gasteiger partial charge in [0.1, 0.15) is 0 Å². The molecule has 1 aliphatic rings. The standard InChI is InChI=1S/C29H29N3O3S/c1-31-18-24(21-11-6-7-14-25(21)31)27-26(28(33)30-19-9-8-10-20(17-19)36-3)22-12-4-5-13-23(22)29(34)32(27)15-16-35-2/h4-14,17-18,26-27H,15-16H2,1-3H3,(H,30,33)/t26-,27-/m0/s1. The predicted molar refractivity (Wildman–Crippen MR) is 145 cm³/mol. The van der Waals surface area contributed by atoms with Gasteiger partial charge in [0.2, 0.25) is 5.91 Å². The minimum Gasteiger partial charge on any atom is -0.383 e. The molecule has 2 atom stereocenters. The minimum absolute atomic E-state index is 0.0889. The molecule has 0 unspecified atom stereocenters. The molecule has 1 aromatic heterocycles. The molecule has 0 spiro atoms. The van der Waals surface area contributed by atoms with Crippen molar-refractivity contribution in [3.63, 3.8) is 0 Å². The number of carbonyl (C=O) groups excluding carboxylic acids is 2. The molecule has 184 valence electrons. The van der Waals surface area contributed by atoms with Gasteiger partial charge in [-0.15, -0.1) is 11.8 Å². The fourth-order valence-corrected chi connectivity index (χ4v) is 5.65. The molecular formula is C29H29N3O3S. The van der Waals surface area contributed by atoms with Crippen LogP contribution in [0.3, 0.4) is 0 Å². The van der Waals surface area contributed by atoms with E-state index >= 15 is 0 Å². The van der Waals surface area contributed by atoms with Gasteiger partial charge in [-0.2, -0.15) is 0 Å². The van der Waals surface area contributed by atoms with Crippen LogP contribution < -0.4 is 5.32 Å². The first-order chi connectivity index (χ1) is 17.5. The number of aryl methyl sites for hydroxylation is 1. The number of nitrogens with zero attached hydrogens (tertiary/aromatic N) is 2. The zero-order chi connectivity index (χ0) is 25.2. The zero-order valence-electron chi connectivity index (χ0n) is 20.6. The summed E-state index contributed by atoms with van der Waals surface area (Å²) in [7, 11) is 3.62. The van der Waals surface area contributed by atoms with E-state index in [2.05, 4.69) is 22.0 Å². The summed E-state index contributed by atoms with van der Waals surface area (Å²) in [4.78, 5) is 30.7. The van der Waals surface area contributed by atoms with Gasteiger partial charge in [0, 0.05) is 59.5 Å². The van der Waals surface area contributed by atoms with E-state index in [-0.39, 0.29) is 11.8 Å². The van der Waals surface area contributed by atoms with Crippen molar-refractivity contribution in [2.45, 2.75) is 16.9 Å². The zero-order valence-corrected chi connectivity index (χ0v) is 21.4. The first-order valence-electron chi connectivity index (χ1n) is 11.9. The molecule has 1 aliphatic heterocycles. The number of methoxy groups -OCH3 is 1. The SMILES string of the molecule is COCCN1C(=O)c2ccccc2[C@H](C(=O)Nc2cccc(SC)c2)[C@@H]1c1cn(C)c2ccccc12. The van der Waals surface area contributed by atoms with E-state index in [1.807, 2.05) is 80.2 Å². The summed E-state index contributed by atoms with van der Waals surface area (Å²) in [5.74, 6) is -0.831. The highest BCUT2D eigenvalue weighted by molar-refractivity contribution is 7.98. The normalized spacial score (nSPS) is 17.3. The molecule has 0 saturated carbocycles. The van der Waals surface area contributed by atoms with E-state index in [1.165, 1.54) is 0 Å². The number of rotatable bonds is 7. The van der Waals surface area contributed by atoms with Gasteiger partial charge in [0.25, 0.3) is 5.91 Å². The fourth-order valence-electron chi connectivity index (χ4n) is 5.19. The topological polar surface area (TPSA) is 63.6 Å². The molecule has 0 fully saturated rings. The summed E-state index contributed by atoms with van der Waals surface area (Å²) in [5, 5.41) is 4.17. The van der Waals surface area contributed by atoms with Crippen molar-refractivity contribution in [2.24, 2.45) is 7.05 Å². The van der Waals surface area contributed by atoms with E-state index in [4.69, 9.17) is 4.74 Å². The predicted octanol–water partition coefficient (Wildman–Crippen LogP) is 5.47. The summed E-state index contributed by atoms with van der Waals surface area (Å²) in [6.07, 6.45) is 4.05. The fraction of sp³-hybridized carbons (Fsp3) is 0.241. The average Bonchev–Trinajstić information content (AvgIpc) is 3.24. The van der Waals surface area contributed by atoms with E-state index in [0.717, 1.165) is 32.6 Å². The van der Waals surface area contributed by atoms with Crippen molar-refractivity contribution >= 4 is 40.2 Å². The van der Waals surface area contributed by atoms with Crippen LogP contribution in [0.2, 0.25) is 0 Å². The van der Waals surface area contributed by atoms with E-state index in [9.17, 15) is 9.59 Å². The molecule has 0 saturated heterocycles. The molecule has 36 heavy (non-hydrogen) atoms. The van der Waals surface area contributed by atoms with Gasteiger partial charge in [-0.25, -0.2) is 0 Å². The molecule has 0 aliphatic carbocycles. The lowest BCUT2D eigenvalue weighted by atomic mass is 9.79. The van der Waals surface area contributed by atoms with Gasteiger partial charge in [0.05, 0.1) is 18.6 Å². The Kier molecular flexibility index (Phi) is 6.85. The van der Waals surface area contributed by atoms with E-state index in [0.29, 0.717) is 18.7 Å². The second kappa shape index (κ2) is 10.2. The maximum Gasteiger partial charge on any atom is 0.254 e. The van der Waals surface area contributed by atoms with Crippen LogP contribution in [-0.2, 0) is 16.6 Å². The number of para-hydroxylation sites is 1. The lowest BCUT2D eigenvalue weighted by Gasteiger charge is -2.41.